The minimum atomic E-state index is -1.41. The molecule has 0 fully saturated rings. The van der Waals surface area contributed by atoms with Crippen molar-refractivity contribution < 1.29 is 0 Å². The van der Waals surface area contributed by atoms with E-state index in [0.717, 1.165) is 21.8 Å². The van der Waals surface area contributed by atoms with E-state index in [1.54, 1.807) is 110 Å². The lowest BCUT2D eigenvalue weighted by molar-refractivity contribution is 0.671. The molecule has 0 heterocycles. The van der Waals surface area contributed by atoms with Crippen LogP contribution in [0.2, 0.25) is 118 Å². The third-order valence-electron chi connectivity index (χ3n) is 27.2. The molecule has 0 radical (unpaired) electrons. The molecule has 5 aliphatic rings. The summed E-state index contributed by atoms with van der Waals surface area (Å²) in [5, 5.41) is 9.74. The van der Waals surface area contributed by atoms with Crippen LogP contribution in [0.15, 0.2) is 195 Å². The molecule has 10 aromatic rings. The van der Waals surface area contributed by atoms with E-state index in [4.69, 9.17) is 0 Å². The van der Waals surface area contributed by atoms with E-state index in [2.05, 4.69) is 369 Å². The van der Waals surface area contributed by atoms with Crippen LogP contribution in [-0.2, 0) is 128 Å². The van der Waals surface area contributed by atoms with Crippen molar-refractivity contribution in [1.82, 2.24) is 0 Å². The summed E-state index contributed by atoms with van der Waals surface area (Å²) in [7, 11) is -7.97. The Morgan fingerprint density at radius 1 is 0.172 bits per heavy atom. The third-order valence-corrected chi connectivity index (χ3v) is 45.1. The standard InChI is InChI=1S/C38H54Si2.C32H36Br2.C25H37BrSi2.C12H20Br2Si2.C6H4Br2.C2H6/c1-39(2,3)37-27-36(16-12-8-10-14-30-18-20-32-22-24-34(32)26-30)38(40(4,5)6)28-35(37)15-11-7-9-13-29-17-19-31-21-23-33(31)25-29;33-31-22-30(10-6-2-4-8-24-12-14-26-16-18-28(26)20-24)32(34)21-29(31)9-5-1-3-7-23-11-13-25-15-17-27(25)19-23;1-27(2,3)24-18-23(26)25(28(4,5)6)17-22(24)11-9-7-8-10-19-12-13-20-14-15-21(20)16-19;1-15(2,3)11-7-10(14)12(8-9(11)13)16(4,5)6;7-5-1-2-6(8)4-3-5;1-2/h17-20,25-28H,7-16,21-24H2,1-6H3;11-14,19-22H,1-10,15-18H2;12-13,16-18H,7-11,14-15H2,1-6H3;7-8H,1-6H3;1-4H;1-2H3. The fourth-order valence-corrected chi connectivity index (χ4v) is 37.0. The quantitative estimate of drug-likeness (QED) is 0.0271. The molecule has 0 bridgehead atoms. The van der Waals surface area contributed by atoms with Crippen LogP contribution in [-0.4, -0.2) is 48.4 Å². The van der Waals surface area contributed by atoms with E-state index in [-0.39, 0.29) is 0 Å². The van der Waals surface area contributed by atoms with E-state index in [0.29, 0.717) is 0 Å². The van der Waals surface area contributed by atoms with Crippen LogP contribution < -0.4 is 31.1 Å². The molecule has 13 heteroatoms. The lowest BCUT2D eigenvalue weighted by atomic mass is 9.86. The zero-order valence-corrected chi connectivity index (χ0v) is 99.6. The normalized spacial score (nSPS) is 13.4. The maximum atomic E-state index is 3.90. The van der Waals surface area contributed by atoms with E-state index in [1.807, 2.05) is 38.1 Å². The maximum Gasteiger partial charge on any atom is 0.0791 e. The van der Waals surface area contributed by atoms with Crippen LogP contribution in [0, 0.1) is 0 Å². The Bertz CT molecular complexity index is 5030. The van der Waals surface area contributed by atoms with Gasteiger partial charge in [-0.1, -0.05) is 400 Å². The summed E-state index contributed by atoms with van der Waals surface area (Å²) in [4.78, 5) is 0. The van der Waals surface area contributed by atoms with Gasteiger partial charge in [0.15, 0.2) is 0 Å². The monoisotopic (exact) mass is 2260 g/mol. The molecule has 0 nitrogen and oxygen atoms in total. The highest BCUT2D eigenvalue weighted by Crippen LogP contribution is 2.34. The molecule has 0 unspecified atom stereocenters. The van der Waals surface area contributed by atoms with Crippen LogP contribution in [0.4, 0.5) is 0 Å². The lowest BCUT2D eigenvalue weighted by Crippen LogP contribution is -2.46. The predicted molar refractivity (Wildman–Crippen MR) is 611 cm³/mol. The van der Waals surface area contributed by atoms with E-state index < -0.39 is 48.4 Å². The number of aryl methyl sites for hydroxylation is 20. The van der Waals surface area contributed by atoms with Crippen LogP contribution in [0.1, 0.15) is 221 Å². The molecule has 0 amide bonds. The van der Waals surface area contributed by atoms with Crippen LogP contribution in [0.3, 0.4) is 0 Å². The molecule has 0 aromatic heterocycles. The van der Waals surface area contributed by atoms with Crippen molar-refractivity contribution in [3.8, 4) is 0 Å². The molecule has 0 N–H and O–H groups in total. The van der Waals surface area contributed by atoms with E-state index in [1.165, 1.54) is 267 Å². The first-order valence-corrected chi connectivity index (χ1v) is 76.1. The average Bonchev–Trinajstić information content (AvgIpc) is 0.799. The third kappa shape index (κ3) is 32.5. The Balaban J connectivity index is 0.000000177. The zero-order valence-electron chi connectivity index (χ0n) is 82.5. The first-order valence-electron chi connectivity index (χ1n) is 49.5. The summed E-state index contributed by atoms with van der Waals surface area (Å²) in [6.45, 7) is 48.5. The fourth-order valence-electron chi connectivity index (χ4n) is 18.9. The topological polar surface area (TPSA) is 0 Å². The first kappa shape index (κ1) is 107. The van der Waals surface area contributed by atoms with Gasteiger partial charge in [-0.2, -0.15) is 0 Å². The molecule has 0 atom stereocenters. The molecule has 0 spiro atoms. The van der Waals surface area contributed by atoms with Gasteiger partial charge in [0.2, 0.25) is 0 Å². The molecule has 10 aromatic carbocycles. The number of benzene rings is 10. The number of fused-ring (bicyclic) bond motifs is 5. The van der Waals surface area contributed by atoms with Gasteiger partial charge < -0.3 is 0 Å². The zero-order chi connectivity index (χ0) is 92.9. The minimum Gasteiger partial charge on any atom is -0.0683 e. The highest BCUT2D eigenvalue weighted by Gasteiger charge is 2.31. The van der Waals surface area contributed by atoms with Gasteiger partial charge in [-0.05, 0) is 374 Å². The van der Waals surface area contributed by atoms with Crippen molar-refractivity contribution in [2.45, 2.75) is 356 Å². The second kappa shape index (κ2) is 49.7. The molecule has 0 aliphatic heterocycles. The number of hydrogen-bond acceptors (Lipinski definition) is 0. The van der Waals surface area contributed by atoms with Crippen molar-refractivity contribution in [3.63, 3.8) is 0 Å². The molecule has 0 saturated carbocycles. The summed E-state index contributed by atoms with van der Waals surface area (Å²) < 4.78 is 8.75. The Hall–Kier alpha value is -3.14. The van der Waals surface area contributed by atoms with Gasteiger partial charge >= 0.3 is 0 Å². The van der Waals surface area contributed by atoms with Crippen molar-refractivity contribution in [1.29, 1.82) is 0 Å². The van der Waals surface area contributed by atoms with Crippen molar-refractivity contribution >= 4 is 191 Å². The Labute approximate surface area is 844 Å². The predicted octanol–water partition coefficient (Wildman–Crippen LogP) is 33.3. The van der Waals surface area contributed by atoms with Crippen molar-refractivity contribution in [3.05, 3.63) is 306 Å². The maximum absolute atomic E-state index is 3.90. The first-order chi connectivity index (χ1) is 60.6. The summed E-state index contributed by atoms with van der Waals surface area (Å²) in [5.41, 5.74) is 31.5. The molecule has 128 heavy (non-hydrogen) atoms. The highest BCUT2D eigenvalue weighted by atomic mass is 79.9. The van der Waals surface area contributed by atoms with E-state index >= 15 is 0 Å². The molecule has 690 valence electrons. The van der Waals surface area contributed by atoms with Gasteiger partial charge in [0, 0.05) is 31.3 Å². The number of unbranched alkanes of at least 4 members (excludes halogenated alkanes) is 10. The second-order valence-corrected chi connectivity index (χ2v) is 80.1. The van der Waals surface area contributed by atoms with Crippen LogP contribution in [0.25, 0.3) is 0 Å². The Morgan fingerprint density at radius 2 is 0.352 bits per heavy atom. The van der Waals surface area contributed by atoms with Gasteiger partial charge in [-0.3, -0.25) is 0 Å². The molecule has 5 aliphatic carbocycles. The number of halogens is 7. The van der Waals surface area contributed by atoms with Gasteiger partial charge in [-0.25, -0.2) is 0 Å². The summed E-state index contributed by atoms with van der Waals surface area (Å²) in [5.74, 6) is 0. The minimum absolute atomic E-state index is 1.11. The van der Waals surface area contributed by atoms with Crippen molar-refractivity contribution in [2.24, 2.45) is 0 Å². The molecule has 15 rings (SSSR count). The number of hydrogen-bond donors (Lipinski definition) is 0. The summed E-state index contributed by atoms with van der Waals surface area (Å²) in [6, 6.07) is 63.7. The SMILES string of the molecule is Brc1cc(CCCCCc2ccc3c(c2)CC3)c(Br)cc1CCCCCc1ccc2c(c1)CC2.Brc1ccc(Br)cc1.CC.C[Si](C)(C)c1cc(Br)c([Si](C)(C)C)cc1Br.C[Si](C)(C)c1cc(CCCCCc2ccc3c(c2)CC3)c([Si](C)(C)C)cc1Br.C[Si](C)(C)c1cc(CCCCCc2ccc3c(c2)CC3)c([Si](C)(C)C)cc1CCCCCc1ccc2c(c1)CC2. The largest absolute Gasteiger partial charge is 0.0791 e. The van der Waals surface area contributed by atoms with Gasteiger partial charge in [0.1, 0.15) is 0 Å². The number of rotatable bonds is 36. The molecule has 0 saturated heterocycles. The van der Waals surface area contributed by atoms with Gasteiger partial charge in [-0.15, -0.1) is 0 Å². The Morgan fingerprint density at radius 3 is 0.555 bits per heavy atom. The summed E-state index contributed by atoms with van der Waals surface area (Å²) in [6.07, 6.45) is 44.9. The van der Waals surface area contributed by atoms with E-state index in [9.17, 15) is 0 Å². The Kier molecular flexibility index (Phi) is 41.5. The molecular weight excluding hydrogens is 2110 g/mol. The van der Waals surface area contributed by atoms with Crippen LogP contribution in [0.5, 0.6) is 0 Å². The highest BCUT2D eigenvalue weighted by molar-refractivity contribution is 9.11. The van der Waals surface area contributed by atoms with Crippen LogP contribution >= 0.6 is 112 Å². The van der Waals surface area contributed by atoms with Crippen molar-refractivity contribution in [2.75, 3.05) is 0 Å². The molecular formula is C115H157Br7Si6. The lowest BCUT2D eigenvalue weighted by Gasteiger charge is -2.28. The average molecular weight is 2270 g/mol. The smallest absolute Gasteiger partial charge is 0.0683 e. The second-order valence-electron chi connectivity index (χ2n) is 43.8. The van der Waals surface area contributed by atoms with Gasteiger partial charge in [0.05, 0.1) is 48.4 Å². The summed E-state index contributed by atoms with van der Waals surface area (Å²) >= 11 is 25.8. The fraction of sp³-hybridized carbons (Fsp3) is 0.478. The van der Waals surface area contributed by atoms with Gasteiger partial charge in [0.25, 0.3) is 0 Å².